The predicted molar refractivity (Wildman–Crippen MR) is 117 cm³/mol. The van der Waals surface area contributed by atoms with Crippen molar-refractivity contribution in [1.29, 1.82) is 0 Å². The van der Waals surface area contributed by atoms with Gasteiger partial charge in [-0.25, -0.2) is 0 Å². The highest BCUT2D eigenvalue weighted by atomic mass is 32.1. The summed E-state index contributed by atoms with van der Waals surface area (Å²) in [7, 11) is 0. The first-order valence-corrected chi connectivity index (χ1v) is 11.0. The Kier molecular flexibility index (Phi) is 4.76. The first-order valence-electron chi connectivity index (χ1n) is 10.2. The molecule has 0 spiro atoms. The zero-order chi connectivity index (χ0) is 19.8. The van der Waals surface area contributed by atoms with Gasteiger partial charge in [0.05, 0.1) is 5.56 Å². The fourth-order valence-corrected chi connectivity index (χ4v) is 5.59. The normalized spacial score (nSPS) is 20.2. The molecular formula is C24H24N2O2S. The van der Waals surface area contributed by atoms with E-state index in [0.717, 1.165) is 46.7 Å². The molecule has 5 heteroatoms. The maximum absolute atomic E-state index is 12.9. The average molecular weight is 405 g/mol. The monoisotopic (exact) mass is 404 g/mol. The molecule has 1 aliphatic heterocycles. The van der Waals surface area contributed by atoms with E-state index in [-0.39, 0.29) is 12.1 Å². The summed E-state index contributed by atoms with van der Waals surface area (Å²) in [5, 5.41) is 7.69. The number of benzene rings is 2. The van der Waals surface area contributed by atoms with E-state index in [0.29, 0.717) is 12.5 Å². The molecule has 4 nitrogen and oxygen atoms in total. The number of carbonyl (C=O) groups is 1. The van der Waals surface area contributed by atoms with E-state index in [1.54, 1.807) is 11.3 Å². The van der Waals surface area contributed by atoms with E-state index >= 15 is 0 Å². The number of carbonyl (C=O) groups excluding carboxylic acids is 1. The molecule has 2 aliphatic rings. The second-order valence-corrected chi connectivity index (χ2v) is 9.06. The van der Waals surface area contributed by atoms with Crippen molar-refractivity contribution in [1.82, 2.24) is 5.32 Å². The minimum absolute atomic E-state index is 0.0337. The Morgan fingerprint density at radius 3 is 2.83 bits per heavy atom. The first kappa shape index (κ1) is 18.3. The molecule has 0 saturated heterocycles. The summed E-state index contributed by atoms with van der Waals surface area (Å²) < 4.78 is 5.96. The molecular weight excluding hydrogens is 380 g/mol. The molecule has 1 aromatic heterocycles. The number of rotatable bonds is 4. The summed E-state index contributed by atoms with van der Waals surface area (Å²) in [6, 6.07) is 18.1. The van der Waals surface area contributed by atoms with Crippen LogP contribution in [0.4, 0.5) is 5.00 Å². The molecule has 0 bridgehead atoms. The van der Waals surface area contributed by atoms with Crippen LogP contribution in [0.1, 0.15) is 51.4 Å². The van der Waals surface area contributed by atoms with Crippen molar-refractivity contribution in [2.45, 2.75) is 39.0 Å². The van der Waals surface area contributed by atoms with Crippen molar-refractivity contribution in [2.24, 2.45) is 5.92 Å². The molecule has 1 amide bonds. The smallest absolute Gasteiger partial charge is 0.256 e. The maximum Gasteiger partial charge on any atom is 0.256 e. The van der Waals surface area contributed by atoms with Gasteiger partial charge in [-0.05, 0) is 54.0 Å². The molecule has 2 aromatic carbocycles. The predicted octanol–water partition coefficient (Wildman–Crippen LogP) is 5.31. The minimum atomic E-state index is -0.243. The van der Waals surface area contributed by atoms with Gasteiger partial charge >= 0.3 is 0 Å². The van der Waals surface area contributed by atoms with Crippen molar-refractivity contribution in [3.05, 3.63) is 81.7 Å². The van der Waals surface area contributed by atoms with Crippen molar-refractivity contribution in [3.63, 3.8) is 0 Å². The van der Waals surface area contributed by atoms with E-state index in [4.69, 9.17) is 4.74 Å². The third-order valence-corrected chi connectivity index (χ3v) is 6.91. The van der Waals surface area contributed by atoms with Gasteiger partial charge in [-0.2, -0.15) is 0 Å². The molecule has 0 unspecified atom stereocenters. The lowest BCUT2D eigenvalue weighted by Crippen LogP contribution is -2.38. The average Bonchev–Trinajstić information content (AvgIpc) is 3.11. The Morgan fingerprint density at radius 1 is 1.10 bits per heavy atom. The third-order valence-electron chi connectivity index (χ3n) is 5.73. The fourth-order valence-electron chi connectivity index (χ4n) is 4.15. The van der Waals surface area contributed by atoms with E-state index in [9.17, 15) is 4.79 Å². The van der Waals surface area contributed by atoms with Crippen LogP contribution in [0.15, 0.2) is 54.6 Å². The standard InChI is InChI=1S/C24H24N2O2S/c1-15-10-11-19-20(12-15)29-24-21(19)23(27)25-22(26-24)17-8-5-9-18(13-17)28-14-16-6-3-2-4-7-16/h2-9,13,15,22,26H,10-12,14H2,1H3,(H,25,27)/t15-,22+/m1/s1. The number of nitrogens with one attached hydrogen (secondary N) is 2. The quantitative estimate of drug-likeness (QED) is 0.620. The SMILES string of the molecule is C[C@@H]1CCc2c(sc3c2C(=O)N[C@H](c2cccc(OCc4ccccc4)c2)N3)C1. The van der Waals surface area contributed by atoms with Gasteiger partial charge in [0, 0.05) is 4.88 Å². The van der Waals surface area contributed by atoms with Gasteiger partial charge in [0.2, 0.25) is 0 Å². The Bertz CT molecular complexity index is 1040. The number of amides is 1. The first-order chi connectivity index (χ1) is 14.2. The Morgan fingerprint density at radius 2 is 1.97 bits per heavy atom. The van der Waals surface area contributed by atoms with E-state index in [1.165, 1.54) is 10.4 Å². The number of hydrogen-bond acceptors (Lipinski definition) is 4. The van der Waals surface area contributed by atoms with E-state index < -0.39 is 0 Å². The number of ether oxygens (including phenoxy) is 1. The second kappa shape index (κ2) is 7.56. The largest absolute Gasteiger partial charge is 0.489 e. The van der Waals surface area contributed by atoms with Gasteiger partial charge < -0.3 is 15.4 Å². The van der Waals surface area contributed by atoms with Crippen molar-refractivity contribution in [3.8, 4) is 5.75 Å². The fraction of sp³-hybridized carbons (Fsp3) is 0.292. The topological polar surface area (TPSA) is 50.4 Å². The highest BCUT2D eigenvalue weighted by Crippen LogP contribution is 2.42. The lowest BCUT2D eigenvalue weighted by Gasteiger charge is -2.27. The zero-order valence-corrected chi connectivity index (χ0v) is 17.2. The lowest BCUT2D eigenvalue weighted by molar-refractivity contribution is 0.0935. The van der Waals surface area contributed by atoms with Crippen LogP contribution in [-0.2, 0) is 19.4 Å². The number of fused-ring (bicyclic) bond motifs is 3. The summed E-state index contributed by atoms with van der Waals surface area (Å²) >= 11 is 1.75. The Balaban J connectivity index is 1.35. The van der Waals surface area contributed by atoms with Crippen LogP contribution in [0.25, 0.3) is 0 Å². The summed E-state index contributed by atoms with van der Waals surface area (Å²) in [5.74, 6) is 1.53. The number of hydrogen-bond donors (Lipinski definition) is 2. The van der Waals surface area contributed by atoms with Gasteiger partial charge in [-0.15, -0.1) is 11.3 Å². The van der Waals surface area contributed by atoms with Crippen LogP contribution in [0, 0.1) is 5.92 Å². The highest BCUT2D eigenvalue weighted by molar-refractivity contribution is 7.16. The van der Waals surface area contributed by atoms with Gasteiger partial charge in [0.15, 0.2) is 0 Å². The molecule has 0 radical (unpaired) electrons. The van der Waals surface area contributed by atoms with Gasteiger partial charge in [0.25, 0.3) is 5.91 Å². The molecule has 5 rings (SSSR count). The lowest BCUT2D eigenvalue weighted by atomic mass is 9.88. The Hall–Kier alpha value is -2.79. The van der Waals surface area contributed by atoms with Crippen LogP contribution in [0.2, 0.25) is 0 Å². The molecule has 0 saturated carbocycles. The molecule has 29 heavy (non-hydrogen) atoms. The molecule has 3 aromatic rings. The van der Waals surface area contributed by atoms with Crippen molar-refractivity contribution >= 4 is 22.2 Å². The molecule has 148 valence electrons. The molecule has 2 N–H and O–H groups in total. The third kappa shape index (κ3) is 3.62. The van der Waals surface area contributed by atoms with Crippen LogP contribution >= 0.6 is 11.3 Å². The van der Waals surface area contributed by atoms with Crippen molar-refractivity contribution < 1.29 is 9.53 Å². The van der Waals surface area contributed by atoms with E-state index in [2.05, 4.69) is 17.6 Å². The summed E-state index contributed by atoms with van der Waals surface area (Å²) in [6.07, 6.45) is 3.00. The van der Waals surface area contributed by atoms with Gasteiger partial charge in [-0.3, -0.25) is 4.79 Å². The summed E-state index contributed by atoms with van der Waals surface area (Å²) in [4.78, 5) is 14.3. The molecule has 1 aliphatic carbocycles. The van der Waals surface area contributed by atoms with Crippen LogP contribution in [0.5, 0.6) is 5.75 Å². The second-order valence-electron chi connectivity index (χ2n) is 7.95. The summed E-state index contributed by atoms with van der Waals surface area (Å²) in [6.45, 7) is 2.81. The zero-order valence-electron chi connectivity index (χ0n) is 16.4. The molecule has 0 fully saturated rings. The number of anilines is 1. The minimum Gasteiger partial charge on any atom is -0.489 e. The summed E-state index contributed by atoms with van der Waals surface area (Å²) in [5.41, 5.74) is 4.25. The van der Waals surface area contributed by atoms with Crippen molar-refractivity contribution in [2.75, 3.05) is 5.32 Å². The maximum atomic E-state index is 12.9. The van der Waals surface area contributed by atoms with Crippen LogP contribution in [-0.4, -0.2) is 5.91 Å². The number of thiophene rings is 1. The van der Waals surface area contributed by atoms with Gasteiger partial charge in [0.1, 0.15) is 23.5 Å². The molecule has 2 heterocycles. The van der Waals surface area contributed by atoms with Gasteiger partial charge in [-0.1, -0.05) is 49.4 Å². The van der Waals surface area contributed by atoms with Crippen LogP contribution in [0.3, 0.4) is 0 Å². The highest BCUT2D eigenvalue weighted by Gasteiger charge is 2.33. The Labute approximate surface area is 174 Å². The van der Waals surface area contributed by atoms with Crippen LogP contribution < -0.4 is 15.4 Å². The molecule has 2 atom stereocenters. The van der Waals surface area contributed by atoms with E-state index in [1.807, 2.05) is 54.6 Å².